The number of carbonyl (C=O) groups is 1. The summed E-state index contributed by atoms with van der Waals surface area (Å²) in [4.78, 5) is 16.5. The summed E-state index contributed by atoms with van der Waals surface area (Å²) in [5.41, 5.74) is 4.46. The van der Waals surface area contributed by atoms with Crippen molar-refractivity contribution in [3.63, 3.8) is 0 Å². The van der Waals surface area contributed by atoms with Crippen molar-refractivity contribution < 1.29 is 9.53 Å². The number of H-pyrrole nitrogens is 1. The number of hydrogen-bond acceptors (Lipinski definition) is 5. The number of fused-ring (bicyclic) bond motifs is 2. The second-order valence-electron chi connectivity index (χ2n) is 5.97. The van der Waals surface area contributed by atoms with Crippen molar-refractivity contribution in [3.8, 4) is 11.3 Å². The third kappa shape index (κ3) is 2.77. The largest absolute Gasteiger partial charge is 0.465 e. The smallest absolute Gasteiger partial charge is 0.325 e. The first-order valence-electron chi connectivity index (χ1n) is 8.49. The lowest BCUT2D eigenvalue weighted by Crippen LogP contribution is -2.17. The number of rotatable bonds is 5. The lowest BCUT2D eigenvalue weighted by atomic mass is 10.1. The van der Waals surface area contributed by atoms with E-state index in [0.29, 0.717) is 6.61 Å². The normalized spacial score (nSPS) is 11.2. The van der Waals surface area contributed by atoms with Crippen molar-refractivity contribution in [3.05, 3.63) is 48.3 Å². The lowest BCUT2D eigenvalue weighted by Gasteiger charge is -2.08. The average Bonchev–Trinajstić information content (AvgIpc) is 3.21. The fourth-order valence-electron chi connectivity index (χ4n) is 3.03. The second kappa shape index (κ2) is 6.51. The molecule has 2 N–H and O–H groups in total. The van der Waals surface area contributed by atoms with Crippen molar-refractivity contribution in [1.82, 2.24) is 19.6 Å². The Bertz CT molecular complexity index is 1100. The Kier molecular flexibility index (Phi) is 4.04. The number of aromatic amines is 1. The van der Waals surface area contributed by atoms with E-state index < -0.39 is 0 Å². The number of carbonyl (C=O) groups excluding carboxylic acids is 1. The van der Waals surface area contributed by atoms with Crippen LogP contribution in [-0.4, -0.2) is 38.7 Å². The van der Waals surface area contributed by atoms with E-state index in [4.69, 9.17) is 9.72 Å². The summed E-state index contributed by atoms with van der Waals surface area (Å²) in [6.07, 6.45) is 1.92. The summed E-state index contributed by atoms with van der Waals surface area (Å²) in [5.74, 6) is 0.458. The molecular formula is C19H19N5O2. The minimum absolute atomic E-state index is 0.0799. The fourth-order valence-corrected chi connectivity index (χ4v) is 3.03. The molecule has 4 aromatic rings. The molecule has 0 atom stereocenters. The van der Waals surface area contributed by atoms with E-state index in [1.807, 2.05) is 47.9 Å². The molecule has 0 unspecified atom stereocenters. The molecular weight excluding hydrogens is 330 g/mol. The molecule has 3 heterocycles. The number of hydrogen-bond donors (Lipinski definition) is 2. The van der Waals surface area contributed by atoms with E-state index in [1.165, 1.54) is 0 Å². The van der Waals surface area contributed by atoms with Gasteiger partial charge >= 0.3 is 5.97 Å². The fraction of sp³-hybridized carbons (Fsp3) is 0.211. The lowest BCUT2D eigenvalue weighted by molar-refractivity contribution is -0.140. The van der Waals surface area contributed by atoms with E-state index in [9.17, 15) is 4.79 Å². The van der Waals surface area contributed by atoms with Crippen LogP contribution >= 0.6 is 0 Å². The number of nitrogens with zero attached hydrogens (tertiary/aromatic N) is 3. The Morgan fingerprint density at radius 3 is 3.04 bits per heavy atom. The molecule has 26 heavy (non-hydrogen) atoms. The zero-order valence-electron chi connectivity index (χ0n) is 14.6. The number of benzene rings is 1. The molecule has 0 fully saturated rings. The number of nitrogens with one attached hydrogen (secondary N) is 2. The molecule has 7 nitrogen and oxygen atoms in total. The minimum atomic E-state index is -0.300. The first kappa shape index (κ1) is 16.1. The van der Waals surface area contributed by atoms with Crippen LogP contribution in [0.3, 0.4) is 0 Å². The monoisotopic (exact) mass is 349 g/mol. The standard InChI is InChI=1S/C19H19N5O2/c1-3-26-17(25)11-20-19-18(21-16-6-4-5-9-24(16)19)13-7-8-15-14(10-13)12(2)22-23-15/h4-10,20H,3,11H2,1-2H3,(H,22,23). The molecule has 4 rings (SSSR count). The van der Waals surface area contributed by atoms with Gasteiger partial charge in [0, 0.05) is 17.1 Å². The maximum Gasteiger partial charge on any atom is 0.325 e. The van der Waals surface area contributed by atoms with Gasteiger partial charge in [0.1, 0.15) is 23.7 Å². The Balaban J connectivity index is 1.80. The summed E-state index contributed by atoms with van der Waals surface area (Å²) >= 11 is 0. The highest BCUT2D eigenvalue weighted by molar-refractivity contribution is 5.89. The van der Waals surface area contributed by atoms with Crippen LogP contribution in [0.4, 0.5) is 5.82 Å². The van der Waals surface area contributed by atoms with Crippen molar-refractivity contribution in [2.24, 2.45) is 0 Å². The van der Waals surface area contributed by atoms with Gasteiger partial charge in [-0.15, -0.1) is 0 Å². The summed E-state index contributed by atoms with van der Waals surface area (Å²) in [7, 11) is 0. The zero-order chi connectivity index (χ0) is 18.1. The Hall–Kier alpha value is -3.35. The Morgan fingerprint density at radius 2 is 2.19 bits per heavy atom. The average molecular weight is 349 g/mol. The van der Waals surface area contributed by atoms with Gasteiger partial charge in [-0.1, -0.05) is 12.1 Å². The van der Waals surface area contributed by atoms with Gasteiger partial charge in [0.2, 0.25) is 0 Å². The highest BCUT2D eigenvalue weighted by Crippen LogP contribution is 2.31. The molecule has 0 aliphatic rings. The minimum Gasteiger partial charge on any atom is -0.465 e. The number of aromatic nitrogens is 4. The summed E-state index contributed by atoms with van der Waals surface area (Å²) in [6.45, 7) is 4.19. The van der Waals surface area contributed by atoms with E-state index in [1.54, 1.807) is 6.92 Å². The SMILES string of the molecule is CCOC(=O)CNc1c(-c2ccc3[nH]nc(C)c3c2)nc2ccccn12. The van der Waals surface area contributed by atoms with Crippen LogP contribution in [0.25, 0.3) is 27.8 Å². The van der Waals surface area contributed by atoms with Crippen LogP contribution in [0.5, 0.6) is 0 Å². The van der Waals surface area contributed by atoms with Gasteiger partial charge in [0.15, 0.2) is 0 Å². The van der Waals surface area contributed by atoms with Gasteiger partial charge in [0.25, 0.3) is 0 Å². The maximum atomic E-state index is 11.8. The Labute approximate surface area is 150 Å². The van der Waals surface area contributed by atoms with Gasteiger partial charge in [-0.3, -0.25) is 14.3 Å². The van der Waals surface area contributed by atoms with Crippen molar-refractivity contribution in [1.29, 1.82) is 0 Å². The molecule has 0 radical (unpaired) electrons. The van der Waals surface area contributed by atoms with Crippen LogP contribution in [-0.2, 0) is 9.53 Å². The zero-order valence-corrected chi connectivity index (χ0v) is 14.6. The van der Waals surface area contributed by atoms with Gasteiger partial charge < -0.3 is 10.1 Å². The van der Waals surface area contributed by atoms with Gasteiger partial charge in [0.05, 0.1) is 17.8 Å². The van der Waals surface area contributed by atoms with Crippen LogP contribution in [0.1, 0.15) is 12.6 Å². The number of imidazole rings is 1. The van der Waals surface area contributed by atoms with Crippen molar-refractivity contribution in [2.75, 3.05) is 18.5 Å². The molecule has 0 aliphatic carbocycles. The molecule has 132 valence electrons. The first-order valence-corrected chi connectivity index (χ1v) is 8.49. The third-order valence-corrected chi connectivity index (χ3v) is 4.26. The number of aryl methyl sites for hydroxylation is 1. The van der Waals surface area contributed by atoms with Gasteiger partial charge in [-0.2, -0.15) is 5.10 Å². The number of ether oxygens (including phenoxy) is 1. The molecule has 0 aliphatic heterocycles. The summed E-state index contributed by atoms with van der Waals surface area (Å²) in [5, 5.41) is 11.5. The highest BCUT2D eigenvalue weighted by Gasteiger charge is 2.16. The molecule has 0 saturated carbocycles. The highest BCUT2D eigenvalue weighted by atomic mass is 16.5. The molecule has 1 aromatic carbocycles. The van der Waals surface area contributed by atoms with Crippen LogP contribution in [0, 0.1) is 6.92 Å². The Morgan fingerprint density at radius 1 is 1.31 bits per heavy atom. The number of anilines is 1. The molecule has 0 spiro atoms. The van der Waals surface area contributed by atoms with E-state index in [0.717, 1.165) is 39.3 Å². The van der Waals surface area contributed by atoms with Crippen LogP contribution < -0.4 is 5.32 Å². The molecule has 3 aromatic heterocycles. The molecule has 0 bridgehead atoms. The van der Waals surface area contributed by atoms with Crippen molar-refractivity contribution >= 4 is 28.3 Å². The molecule has 0 saturated heterocycles. The van der Waals surface area contributed by atoms with E-state index in [2.05, 4.69) is 21.6 Å². The topological polar surface area (TPSA) is 84.3 Å². The number of esters is 1. The third-order valence-electron chi connectivity index (χ3n) is 4.26. The number of pyridine rings is 1. The predicted molar refractivity (Wildman–Crippen MR) is 100 cm³/mol. The quantitative estimate of drug-likeness (QED) is 0.541. The molecule has 7 heteroatoms. The second-order valence-corrected chi connectivity index (χ2v) is 5.97. The summed E-state index contributed by atoms with van der Waals surface area (Å²) < 4.78 is 6.95. The van der Waals surface area contributed by atoms with Gasteiger partial charge in [-0.25, -0.2) is 4.98 Å². The van der Waals surface area contributed by atoms with Crippen molar-refractivity contribution in [2.45, 2.75) is 13.8 Å². The summed E-state index contributed by atoms with van der Waals surface area (Å²) in [6, 6.07) is 11.8. The van der Waals surface area contributed by atoms with Gasteiger partial charge in [-0.05, 0) is 38.1 Å². The van der Waals surface area contributed by atoms with Crippen LogP contribution in [0.2, 0.25) is 0 Å². The predicted octanol–water partition coefficient (Wildman–Crippen LogP) is 3.16. The first-order chi connectivity index (χ1) is 12.7. The molecule has 0 amide bonds. The van der Waals surface area contributed by atoms with Crippen LogP contribution in [0.15, 0.2) is 42.6 Å². The van der Waals surface area contributed by atoms with E-state index in [-0.39, 0.29) is 12.5 Å². The maximum absolute atomic E-state index is 11.8. The van der Waals surface area contributed by atoms with E-state index >= 15 is 0 Å².